The van der Waals surface area contributed by atoms with Gasteiger partial charge in [0.15, 0.2) is 0 Å². The fraction of sp³-hybridized carbons (Fsp3) is 0.571. The number of rotatable bonds is 5. The molecule has 5 nitrogen and oxygen atoms in total. The second kappa shape index (κ2) is 7.08. The lowest BCUT2D eigenvalue weighted by molar-refractivity contribution is -0.0699. The normalized spacial score (nSPS) is 23.6. The van der Waals surface area contributed by atoms with Crippen LogP contribution in [-0.4, -0.2) is 60.5 Å². The van der Waals surface area contributed by atoms with Crippen molar-refractivity contribution in [2.75, 3.05) is 26.2 Å². The molecule has 1 aliphatic heterocycles. The van der Waals surface area contributed by atoms with E-state index in [1.165, 1.54) is 0 Å². The summed E-state index contributed by atoms with van der Waals surface area (Å²) < 4.78 is 11.4. The fourth-order valence-electron chi connectivity index (χ4n) is 2.50. The molecule has 110 valence electrons. The summed E-state index contributed by atoms with van der Waals surface area (Å²) in [5, 5.41) is 18.0. The molecule has 1 aliphatic rings. The number of hydrogen-bond acceptors (Lipinski definition) is 5. The first kappa shape index (κ1) is 15.3. The van der Waals surface area contributed by atoms with E-state index in [-0.39, 0.29) is 12.2 Å². The molecule has 0 spiro atoms. The highest BCUT2D eigenvalue weighted by Gasteiger charge is 2.21. The van der Waals surface area contributed by atoms with Crippen molar-refractivity contribution in [1.29, 1.82) is 0 Å². The lowest BCUT2D eigenvalue weighted by Gasteiger charge is -2.35. The van der Waals surface area contributed by atoms with Crippen LogP contribution < -0.4 is 10.2 Å². The predicted molar refractivity (Wildman–Crippen MR) is 78.2 cm³/mol. The average Bonchev–Trinajstić information content (AvgIpc) is 2.38. The van der Waals surface area contributed by atoms with Gasteiger partial charge in [0.25, 0.3) is 0 Å². The van der Waals surface area contributed by atoms with Gasteiger partial charge in [-0.25, -0.2) is 0 Å². The second-order valence-corrected chi connectivity index (χ2v) is 5.31. The van der Waals surface area contributed by atoms with Gasteiger partial charge in [-0.15, -0.1) is 0 Å². The van der Waals surface area contributed by atoms with Crippen LogP contribution in [0.15, 0.2) is 24.3 Å². The lowest BCUT2D eigenvalue weighted by atomic mass is 9.80. The highest BCUT2D eigenvalue weighted by Crippen LogP contribution is 2.11. The summed E-state index contributed by atoms with van der Waals surface area (Å²) in [6, 6.07) is 6.80. The maximum atomic E-state index is 9.01. The van der Waals surface area contributed by atoms with Gasteiger partial charge in [0.05, 0.1) is 12.2 Å². The van der Waals surface area contributed by atoms with Crippen LogP contribution in [0.3, 0.4) is 0 Å². The summed E-state index contributed by atoms with van der Waals surface area (Å²) in [6.45, 7) is 7.51. The fourth-order valence-corrected chi connectivity index (χ4v) is 2.50. The van der Waals surface area contributed by atoms with Crippen LogP contribution in [0.25, 0.3) is 0 Å². The molecule has 20 heavy (non-hydrogen) atoms. The minimum Gasteiger partial charge on any atom is -0.492 e. The maximum Gasteiger partial charge on any atom is 0.488 e. The molecule has 0 aromatic heterocycles. The molecule has 2 atom stereocenters. The van der Waals surface area contributed by atoms with Crippen molar-refractivity contribution < 1.29 is 19.5 Å². The molecule has 1 saturated heterocycles. The van der Waals surface area contributed by atoms with E-state index in [2.05, 4.69) is 18.7 Å². The van der Waals surface area contributed by atoms with Crippen LogP contribution >= 0.6 is 0 Å². The zero-order chi connectivity index (χ0) is 14.5. The first-order valence-electron chi connectivity index (χ1n) is 7.01. The van der Waals surface area contributed by atoms with Crippen LogP contribution in [0.2, 0.25) is 0 Å². The topological polar surface area (TPSA) is 62.2 Å². The summed E-state index contributed by atoms with van der Waals surface area (Å²) in [5.41, 5.74) is 0.466. The number of morpholine rings is 1. The van der Waals surface area contributed by atoms with Gasteiger partial charge in [0.1, 0.15) is 12.4 Å². The summed E-state index contributed by atoms with van der Waals surface area (Å²) in [6.07, 6.45) is 0.535. The monoisotopic (exact) mass is 279 g/mol. The highest BCUT2D eigenvalue weighted by atomic mass is 16.5. The van der Waals surface area contributed by atoms with Crippen LogP contribution in [0.1, 0.15) is 13.8 Å². The van der Waals surface area contributed by atoms with Crippen LogP contribution in [0, 0.1) is 0 Å². The standard InChI is InChI=1S/C14H22BNO4/c1-11-9-16(10-12(2)20-11)7-8-19-14-5-3-13(4-6-14)15(17)18/h3-6,11-12,17-18H,7-10H2,1-2H3. The van der Waals surface area contributed by atoms with Gasteiger partial charge in [-0.05, 0) is 31.4 Å². The van der Waals surface area contributed by atoms with Crippen LogP contribution in [0.4, 0.5) is 0 Å². The van der Waals surface area contributed by atoms with Gasteiger partial charge >= 0.3 is 7.12 Å². The SMILES string of the molecule is CC1CN(CCOc2ccc(B(O)O)cc2)CC(C)O1. The Kier molecular flexibility index (Phi) is 5.42. The van der Waals surface area contributed by atoms with E-state index >= 15 is 0 Å². The van der Waals surface area contributed by atoms with Crippen molar-refractivity contribution in [3.8, 4) is 5.75 Å². The van der Waals surface area contributed by atoms with E-state index in [9.17, 15) is 0 Å². The third kappa shape index (κ3) is 4.49. The molecule has 2 N–H and O–H groups in total. The highest BCUT2D eigenvalue weighted by molar-refractivity contribution is 6.58. The molecule has 0 amide bonds. The number of hydrogen-bond donors (Lipinski definition) is 2. The molecule has 1 fully saturated rings. The van der Waals surface area contributed by atoms with E-state index in [0.717, 1.165) is 25.4 Å². The van der Waals surface area contributed by atoms with Gasteiger partial charge < -0.3 is 19.5 Å². The van der Waals surface area contributed by atoms with Gasteiger partial charge in [0.2, 0.25) is 0 Å². The Morgan fingerprint density at radius 3 is 2.35 bits per heavy atom. The summed E-state index contributed by atoms with van der Waals surface area (Å²) in [7, 11) is -1.43. The number of benzene rings is 1. The molecule has 2 unspecified atom stereocenters. The van der Waals surface area contributed by atoms with E-state index in [1.807, 2.05) is 0 Å². The molecule has 0 radical (unpaired) electrons. The number of nitrogens with zero attached hydrogens (tertiary/aromatic N) is 1. The molecular formula is C14H22BNO4. The quantitative estimate of drug-likeness (QED) is 0.734. The minimum atomic E-state index is -1.43. The van der Waals surface area contributed by atoms with Crippen LogP contribution in [-0.2, 0) is 4.74 Å². The molecule has 0 aliphatic carbocycles. The molecular weight excluding hydrogens is 257 g/mol. The van der Waals surface area contributed by atoms with Gasteiger partial charge in [0, 0.05) is 19.6 Å². The summed E-state index contributed by atoms with van der Waals surface area (Å²) >= 11 is 0. The summed E-state index contributed by atoms with van der Waals surface area (Å²) in [4.78, 5) is 2.34. The maximum absolute atomic E-state index is 9.01. The zero-order valence-electron chi connectivity index (χ0n) is 12.0. The van der Waals surface area contributed by atoms with Crippen LogP contribution in [0.5, 0.6) is 5.75 Å². The molecule has 0 bridgehead atoms. The first-order chi connectivity index (χ1) is 9.54. The van der Waals surface area contributed by atoms with Crippen molar-refractivity contribution in [2.45, 2.75) is 26.1 Å². The van der Waals surface area contributed by atoms with Gasteiger partial charge in [-0.2, -0.15) is 0 Å². The molecule has 0 saturated carbocycles. The van der Waals surface area contributed by atoms with E-state index in [4.69, 9.17) is 19.5 Å². The Morgan fingerprint density at radius 1 is 1.20 bits per heavy atom. The molecule has 6 heteroatoms. The number of ether oxygens (including phenoxy) is 2. The smallest absolute Gasteiger partial charge is 0.488 e. The zero-order valence-corrected chi connectivity index (χ0v) is 12.0. The van der Waals surface area contributed by atoms with Crippen molar-refractivity contribution >= 4 is 12.6 Å². The van der Waals surface area contributed by atoms with Crippen molar-refractivity contribution in [3.63, 3.8) is 0 Å². The first-order valence-corrected chi connectivity index (χ1v) is 7.01. The average molecular weight is 279 g/mol. The third-order valence-corrected chi connectivity index (χ3v) is 3.35. The van der Waals surface area contributed by atoms with E-state index in [1.54, 1.807) is 24.3 Å². The largest absolute Gasteiger partial charge is 0.492 e. The van der Waals surface area contributed by atoms with Crippen molar-refractivity contribution in [3.05, 3.63) is 24.3 Å². The molecule has 1 aromatic rings. The Morgan fingerprint density at radius 2 is 1.80 bits per heavy atom. The third-order valence-electron chi connectivity index (χ3n) is 3.35. The molecule has 2 rings (SSSR count). The molecule has 1 aromatic carbocycles. The van der Waals surface area contributed by atoms with Gasteiger partial charge in [-0.3, -0.25) is 4.90 Å². The lowest BCUT2D eigenvalue weighted by Crippen LogP contribution is -2.46. The minimum absolute atomic E-state index is 0.268. The van der Waals surface area contributed by atoms with E-state index < -0.39 is 7.12 Å². The van der Waals surface area contributed by atoms with Gasteiger partial charge in [-0.1, -0.05) is 12.1 Å². The Bertz CT molecular complexity index is 402. The summed E-state index contributed by atoms with van der Waals surface area (Å²) in [5.74, 6) is 0.740. The van der Waals surface area contributed by atoms with Crippen molar-refractivity contribution in [1.82, 2.24) is 4.90 Å². The second-order valence-electron chi connectivity index (χ2n) is 5.31. The van der Waals surface area contributed by atoms with E-state index in [0.29, 0.717) is 12.1 Å². The Balaban J connectivity index is 1.75. The molecule has 1 heterocycles. The Hall–Kier alpha value is -1.08. The predicted octanol–water partition coefficient (Wildman–Crippen LogP) is -0.146. The van der Waals surface area contributed by atoms with Crippen molar-refractivity contribution in [2.24, 2.45) is 0 Å². The Labute approximate surface area is 120 Å².